The number of piperidine rings is 1. The molecule has 6 heteroatoms. The number of amides is 2. The predicted octanol–water partition coefficient (Wildman–Crippen LogP) is 3.28. The number of nitrogens with one attached hydrogen (secondary N) is 1. The van der Waals surface area contributed by atoms with Gasteiger partial charge in [-0.15, -0.1) is 0 Å². The number of ether oxygens (including phenoxy) is 1. The van der Waals surface area contributed by atoms with Gasteiger partial charge in [-0.2, -0.15) is 0 Å². The summed E-state index contributed by atoms with van der Waals surface area (Å²) in [5.74, 6) is 0.00858. The largest absolute Gasteiger partial charge is 0.453 e. The van der Waals surface area contributed by atoms with Gasteiger partial charge in [-0.1, -0.05) is 42.5 Å². The minimum atomic E-state index is -0.392. The Balaban J connectivity index is 1.68. The third kappa shape index (κ3) is 4.82. The standard InChI is InChI=1S/C22H27N3O3/c1-24(16-17-8-4-3-5-9-17)21(26)19-10-6-7-11-20(19)25-14-12-18(13-15-25)23-22(27)28-2/h3-11,18H,12-16H2,1-2H3,(H,23,27). The van der Waals surface area contributed by atoms with Gasteiger partial charge in [-0.3, -0.25) is 4.79 Å². The number of rotatable bonds is 5. The van der Waals surface area contributed by atoms with E-state index in [0.717, 1.165) is 37.2 Å². The van der Waals surface area contributed by atoms with Crippen LogP contribution in [-0.4, -0.2) is 50.2 Å². The molecule has 2 aromatic rings. The van der Waals surface area contributed by atoms with E-state index in [0.29, 0.717) is 12.1 Å². The smallest absolute Gasteiger partial charge is 0.407 e. The number of nitrogens with zero attached hydrogens (tertiary/aromatic N) is 2. The summed E-state index contributed by atoms with van der Waals surface area (Å²) in [4.78, 5) is 28.5. The van der Waals surface area contributed by atoms with Crippen LogP contribution >= 0.6 is 0 Å². The van der Waals surface area contributed by atoms with Gasteiger partial charge in [0.1, 0.15) is 0 Å². The molecule has 1 aliphatic rings. The van der Waals surface area contributed by atoms with Crippen molar-refractivity contribution >= 4 is 17.7 Å². The highest BCUT2D eigenvalue weighted by Crippen LogP contribution is 2.25. The minimum absolute atomic E-state index is 0.00858. The number of para-hydroxylation sites is 1. The zero-order valence-electron chi connectivity index (χ0n) is 16.4. The van der Waals surface area contributed by atoms with Gasteiger partial charge < -0.3 is 19.9 Å². The van der Waals surface area contributed by atoms with Crippen molar-refractivity contribution in [3.05, 3.63) is 65.7 Å². The first kappa shape index (κ1) is 19.7. The zero-order valence-corrected chi connectivity index (χ0v) is 16.4. The molecule has 1 aliphatic heterocycles. The maximum Gasteiger partial charge on any atom is 0.407 e. The van der Waals surface area contributed by atoms with Crippen molar-refractivity contribution < 1.29 is 14.3 Å². The summed E-state index contributed by atoms with van der Waals surface area (Å²) in [6.07, 6.45) is 1.24. The summed E-state index contributed by atoms with van der Waals surface area (Å²) in [7, 11) is 3.21. The van der Waals surface area contributed by atoms with E-state index in [1.807, 2.05) is 61.6 Å². The topological polar surface area (TPSA) is 61.9 Å². The number of anilines is 1. The third-order valence-electron chi connectivity index (χ3n) is 5.09. The van der Waals surface area contributed by atoms with E-state index in [4.69, 9.17) is 0 Å². The summed E-state index contributed by atoms with van der Waals surface area (Å²) >= 11 is 0. The minimum Gasteiger partial charge on any atom is -0.453 e. The van der Waals surface area contributed by atoms with Gasteiger partial charge in [0.25, 0.3) is 5.91 Å². The molecule has 1 N–H and O–H groups in total. The number of alkyl carbamates (subject to hydrolysis) is 1. The van der Waals surface area contributed by atoms with Gasteiger partial charge in [-0.25, -0.2) is 4.79 Å². The molecule has 2 aromatic carbocycles. The molecule has 1 heterocycles. The van der Waals surface area contributed by atoms with Crippen molar-refractivity contribution in [3.8, 4) is 0 Å². The Morgan fingerprint density at radius 2 is 1.71 bits per heavy atom. The first-order chi connectivity index (χ1) is 13.6. The van der Waals surface area contributed by atoms with Crippen LogP contribution in [0.4, 0.5) is 10.5 Å². The van der Waals surface area contributed by atoms with Crippen molar-refractivity contribution in [2.24, 2.45) is 0 Å². The molecule has 1 fully saturated rings. The van der Waals surface area contributed by atoms with Crippen LogP contribution in [0.5, 0.6) is 0 Å². The molecule has 6 nitrogen and oxygen atoms in total. The Morgan fingerprint density at radius 1 is 1.07 bits per heavy atom. The third-order valence-corrected chi connectivity index (χ3v) is 5.09. The highest BCUT2D eigenvalue weighted by Gasteiger charge is 2.24. The molecule has 2 amide bonds. The maximum absolute atomic E-state index is 13.1. The zero-order chi connectivity index (χ0) is 19.9. The summed E-state index contributed by atoms with van der Waals surface area (Å²) in [5, 5.41) is 2.86. The lowest BCUT2D eigenvalue weighted by molar-refractivity contribution is 0.0785. The van der Waals surface area contributed by atoms with Gasteiger partial charge in [-0.05, 0) is 30.5 Å². The van der Waals surface area contributed by atoms with E-state index in [-0.39, 0.29) is 11.9 Å². The second-order valence-corrected chi connectivity index (χ2v) is 7.06. The molecule has 0 aliphatic carbocycles. The molecule has 0 radical (unpaired) electrons. The molecule has 0 aromatic heterocycles. The average Bonchev–Trinajstić information content (AvgIpc) is 2.74. The molecule has 3 rings (SSSR count). The number of hydrogen-bond acceptors (Lipinski definition) is 4. The fourth-order valence-corrected chi connectivity index (χ4v) is 3.56. The SMILES string of the molecule is COC(=O)NC1CCN(c2ccccc2C(=O)N(C)Cc2ccccc2)CC1. The molecule has 0 unspecified atom stereocenters. The van der Waals surface area contributed by atoms with Gasteiger partial charge >= 0.3 is 6.09 Å². The Labute approximate surface area is 166 Å². The lowest BCUT2D eigenvalue weighted by Crippen LogP contribution is -2.45. The van der Waals surface area contributed by atoms with E-state index >= 15 is 0 Å². The lowest BCUT2D eigenvalue weighted by atomic mass is 10.0. The number of methoxy groups -OCH3 is 1. The van der Waals surface area contributed by atoms with Gasteiger partial charge in [0.05, 0.1) is 12.7 Å². The molecule has 0 spiro atoms. The van der Waals surface area contributed by atoms with Crippen molar-refractivity contribution in [3.63, 3.8) is 0 Å². The number of benzene rings is 2. The van der Waals surface area contributed by atoms with Crippen molar-refractivity contribution in [1.29, 1.82) is 0 Å². The fourth-order valence-electron chi connectivity index (χ4n) is 3.56. The van der Waals surface area contributed by atoms with E-state index in [1.165, 1.54) is 7.11 Å². The van der Waals surface area contributed by atoms with Crippen LogP contribution in [-0.2, 0) is 11.3 Å². The Kier molecular flexibility index (Phi) is 6.53. The summed E-state index contributed by atoms with van der Waals surface area (Å²) < 4.78 is 4.68. The second-order valence-electron chi connectivity index (χ2n) is 7.06. The van der Waals surface area contributed by atoms with Crippen LogP contribution in [0.1, 0.15) is 28.8 Å². The second kappa shape index (κ2) is 9.26. The number of carbonyl (C=O) groups excluding carboxylic acids is 2. The van der Waals surface area contributed by atoms with Crippen LogP contribution < -0.4 is 10.2 Å². The molecule has 28 heavy (non-hydrogen) atoms. The molecule has 1 saturated heterocycles. The monoisotopic (exact) mass is 381 g/mol. The normalized spacial score (nSPS) is 14.4. The van der Waals surface area contributed by atoms with Crippen LogP contribution in [0.15, 0.2) is 54.6 Å². The van der Waals surface area contributed by atoms with Crippen LogP contribution in [0, 0.1) is 0 Å². The van der Waals surface area contributed by atoms with Gasteiger partial charge in [0.15, 0.2) is 0 Å². The van der Waals surface area contributed by atoms with E-state index in [2.05, 4.69) is 15.0 Å². The van der Waals surface area contributed by atoms with Gasteiger partial charge in [0.2, 0.25) is 0 Å². The molecular weight excluding hydrogens is 354 g/mol. The Bertz CT molecular complexity index is 802. The molecule has 148 valence electrons. The van der Waals surface area contributed by atoms with Crippen LogP contribution in [0.2, 0.25) is 0 Å². The summed E-state index contributed by atoms with van der Waals surface area (Å²) in [6, 6.07) is 17.8. The predicted molar refractivity (Wildman–Crippen MR) is 109 cm³/mol. The van der Waals surface area contributed by atoms with Gasteiger partial charge in [0, 0.05) is 38.4 Å². The summed E-state index contributed by atoms with van der Waals surface area (Å²) in [6.45, 7) is 2.13. The quantitative estimate of drug-likeness (QED) is 0.863. The maximum atomic E-state index is 13.1. The summed E-state index contributed by atoms with van der Waals surface area (Å²) in [5.41, 5.74) is 2.76. The van der Waals surface area contributed by atoms with Crippen LogP contribution in [0.3, 0.4) is 0 Å². The Hall–Kier alpha value is -3.02. The number of hydrogen-bond donors (Lipinski definition) is 1. The van der Waals surface area contributed by atoms with E-state index in [9.17, 15) is 9.59 Å². The molecule has 0 atom stereocenters. The van der Waals surface area contributed by atoms with Crippen molar-refractivity contribution in [2.75, 3.05) is 32.1 Å². The molecule has 0 saturated carbocycles. The highest BCUT2D eigenvalue weighted by atomic mass is 16.5. The fraction of sp³-hybridized carbons (Fsp3) is 0.364. The van der Waals surface area contributed by atoms with Crippen molar-refractivity contribution in [2.45, 2.75) is 25.4 Å². The first-order valence-electron chi connectivity index (χ1n) is 9.56. The van der Waals surface area contributed by atoms with Crippen molar-refractivity contribution in [1.82, 2.24) is 10.2 Å². The number of carbonyl (C=O) groups is 2. The highest BCUT2D eigenvalue weighted by molar-refractivity contribution is 5.99. The molecule has 0 bridgehead atoms. The average molecular weight is 381 g/mol. The van der Waals surface area contributed by atoms with Crippen LogP contribution in [0.25, 0.3) is 0 Å². The lowest BCUT2D eigenvalue weighted by Gasteiger charge is -2.35. The Morgan fingerprint density at radius 3 is 2.39 bits per heavy atom. The first-order valence-corrected chi connectivity index (χ1v) is 9.56. The van der Waals surface area contributed by atoms with E-state index < -0.39 is 6.09 Å². The molecular formula is C22H27N3O3. The van der Waals surface area contributed by atoms with E-state index in [1.54, 1.807) is 4.90 Å².